The van der Waals surface area contributed by atoms with E-state index in [2.05, 4.69) is 10.8 Å². The lowest BCUT2D eigenvalue weighted by Crippen LogP contribution is -2.43. The molecule has 19 heavy (non-hydrogen) atoms. The number of carbonyl (C=O) groups is 2. The van der Waals surface area contributed by atoms with E-state index in [1.807, 2.05) is 18.7 Å². The van der Waals surface area contributed by atoms with Crippen LogP contribution in [0.15, 0.2) is 11.8 Å². The summed E-state index contributed by atoms with van der Waals surface area (Å²) in [5.74, 6) is -0.296. The predicted molar refractivity (Wildman–Crippen MR) is 73.4 cm³/mol. The molecule has 0 aromatic rings. The van der Waals surface area contributed by atoms with Crippen molar-refractivity contribution in [1.82, 2.24) is 9.80 Å². The predicted octanol–water partition coefficient (Wildman–Crippen LogP) is 1.40. The third kappa shape index (κ3) is 4.67. The topological polar surface area (TPSA) is 49.9 Å². The molecule has 0 aromatic heterocycles. The molecule has 0 aromatic carbocycles. The molecule has 5 heteroatoms. The van der Waals surface area contributed by atoms with Gasteiger partial charge in [-0.1, -0.05) is 6.08 Å². The second-order valence-electron chi connectivity index (χ2n) is 5.12. The third-order valence-corrected chi connectivity index (χ3v) is 3.45. The molecule has 0 radical (unpaired) electrons. The minimum absolute atomic E-state index is 0.0192. The van der Waals surface area contributed by atoms with E-state index in [1.54, 1.807) is 11.9 Å². The zero-order valence-electron chi connectivity index (χ0n) is 12.3. The molecule has 0 saturated carbocycles. The number of hydrogen-bond donors (Lipinski definition) is 0. The lowest BCUT2D eigenvalue weighted by Gasteiger charge is -2.27. The Morgan fingerprint density at radius 2 is 2.05 bits per heavy atom. The largest absolute Gasteiger partial charge is 0.468 e. The molecule has 0 heterocycles. The van der Waals surface area contributed by atoms with Crippen LogP contribution in [0.25, 0.3) is 0 Å². The fourth-order valence-electron chi connectivity index (χ4n) is 2.05. The van der Waals surface area contributed by atoms with Crippen molar-refractivity contribution in [2.75, 3.05) is 27.2 Å². The molecule has 0 aliphatic heterocycles. The molecule has 108 valence electrons. The van der Waals surface area contributed by atoms with Crippen molar-refractivity contribution in [3.63, 3.8) is 0 Å². The van der Waals surface area contributed by atoms with E-state index >= 15 is 0 Å². The highest BCUT2D eigenvalue weighted by Crippen LogP contribution is 2.20. The first kappa shape index (κ1) is 15.7. The molecule has 0 spiro atoms. The standard InChI is InChI=1S/C14H24N2O3/c1-11(2)16(10-14(18)19-4)9-13(17)15(3)12-7-5-6-8-12/h7,11H,5-6,8-10H2,1-4H3. The second kappa shape index (κ2) is 7.28. The Kier molecular flexibility index (Phi) is 6.02. The molecule has 1 aliphatic carbocycles. The minimum Gasteiger partial charge on any atom is -0.468 e. The Bertz CT molecular complexity index is 364. The number of hydrogen-bond acceptors (Lipinski definition) is 4. The summed E-state index contributed by atoms with van der Waals surface area (Å²) in [5.41, 5.74) is 1.09. The number of rotatable bonds is 6. The van der Waals surface area contributed by atoms with E-state index in [9.17, 15) is 9.59 Å². The van der Waals surface area contributed by atoms with Gasteiger partial charge in [-0.3, -0.25) is 14.5 Å². The van der Waals surface area contributed by atoms with Crippen molar-refractivity contribution in [2.24, 2.45) is 0 Å². The molecule has 0 atom stereocenters. The van der Waals surface area contributed by atoms with Gasteiger partial charge in [0.2, 0.25) is 5.91 Å². The summed E-state index contributed by atoms with van der Waals surface area (Å²) in [6.07, 6.45) is 5.23. The maximum atomic E-state index is 12.2. The molecule has 0 unspecified atom stereocenters. The number of methoxy groups -OCH3 is 1. The molecular weight excluding hydrogens is 244 g/mol. The van der Waals surface area contributed by atoms with E-state index < -0.39 is 0 Å². The molecule has 0 saturated heterocycles. The highest BCUT2D eigenvalue weighted by molar-refractivity contribution is 5.80. The van der Waals surface area contributed by atoms with Crippen LogP contribution in [0.1, 0.15) is 33.1 Å². The Balaban J connectivity index is 2.57. The summed E-state index contributed by atoms with van der Waals surface area (Å²) >= 11 is 0. The van der Waals surface area contributed by atoms with Crippen molar-refractivity contribution < 1.29 is 14.3 Å². The zero-order valence-corrected chi connectivity index (χ0v) is 12.3. The summed E-state index contributed by atoms with van der Waals surface area (Å²) in [7, 11) is 3.16. The number of nitrogens with zero attached hydrogens (tertiary/aromatic N) is 2. The lowest BCUT2D eigenvalue weighted by atomic mass is 10.3. The normalized spacial score (nSPS) is 14.7. The molecular formula is C14H24N2O3. The molecule has 1 amide bonds. The fourth-order valence-corrected chi connectivity index (χ4v) is 2.05. The van der Waals surface area contributed by atoms with E-state index in [0.29, 0.717) is 0 Å². The summed E-state index contributed by atoms with van der Waals surface area (Å²) in [4.78, 5) is 27.1. The average molecular weight is 268 g/mol. The molecule has 0 fully saturated rings. The number of esters is 1. The van der Waals surface area contributed by atoms with Gasteiger partial charge in [-0.25, -0.2) is 0 Å². The van der Waals surface area contributed by atoms with Gasteiger partial charge in [-0.15, -0.1) is 0 Å². The van der Waals surface area contributed by atoms with Crippen LogP contribution in [-0.4, -0.2) is 55.0 Å². The third-order valence-electron chi connectivity index (χ3n) is 3.45. The summed E-state index contributed by atoms with van der Waals surface area (Å²) in [6.45, 7) is 4.31. The maximum absolute atomic E-state index is 12.2. The Hall–Kier alpha value is -1.36. The van der Waals surface area contributed by atoms with Gasteiger partial charge >= 0.3 is 5.97 Å². The minimum atomic E-state index is -0.316. The second-order valence-corrected chi connectivity index (χ2v) is 5.12. The van der Waals surface area contributed by atoms with Gasteiger partial charge in [0.1, 0.15) is 0 Å². The summed E-state index contributed by atoms with van der Waals surface area (Å²) in [6, 6.07) is 0.119. The number of carbonyl (C=O) groups excluding carboxylic acids is 2. The van der Waals surface area contributed by atoms with Crippen molar-refractivity contribution in [2.45, 2.75) is 39.2 Å². The highest BCUT2D eigenvalue weighted by Gasteiger charge is 2.22. The first-order chi connectivity index (χ1) is 8.95. The van der Waals surface area contributed by atoms with Crippen molar-refractivity contribution in [3.05, 3.63) is 11.8 Å². The SMILES string of the molecule is COC(=O)CN(CC(=O)N(C)C1=CCCC1)C(C)C. The van der Waals surface area contributed by atoms with Gasteiger partial charge in [0.05, 0.1) is 20.2 Å². The first-order valence-corrected chi connectivity index (χ1v) is 6.72. The van der Waals surface area contributed by atoms with E-state index in [4.69, 9.17) is 0 Å². The van der Waals surface area contributed by atoms with Crippen LogP contribution in [0.2, 0.25) is 0 Å². The maximum Gasteiger partial charge on any atom is 0.319 e. The molecule has 1 rings (SSSR count). The van der Waals surface area contributed by atoms with Crippen LogP contribution in [0, 0.1) is 0 Å². The van der Waals surface area contributed by atoms with Crippen LogP contribution in [-0.2, 0) is 14.3 Å². The fraction of sp³-hybridized carbons (Fsp3) is 0.714. The van der Waals surface area contributed by atoms with Crippen LogP contribution >= 0.6 is 0 Å². The van der Waals surface area contributed by atoms with Gasteiger partial charge in [0.25, 0.3) is 0 Å². The average Bonchev–Trinajstić information content (AvgIpc) is 2.90. The van der Waals surface area contributed by atoms with Crippen LogP contribution in [0.4, 0.5) is 0 Å². The molecule has 5 nitrogen and oxygen atoms in total. The smallest absolute Gasteiger partial charge is 0.319 e. The quantitative estimate of drug-likeness (QED) is 0.683. The van der Waals surface area contributed by atoms with Crippen molar-refractivity contribution in [3.8, 4) is 0 Å². The summed E-state index contributed by atoms with van der Waals surface area (Å²) < 4.78 is 4.66. The molecule has 0 bridgehead atoms. The van der Waals surface area contributed by atoms with Gasteiger partial charge in [-0.05, 0) is 33.1 Å². The van der Waals surface area contributed by atoms with Crippen LogP contribution in [0.3, 0.4) is 0 Å². The lowest BCUT2D eigenvalue weighted by molar-refractivity contribution is -0.143. The number of likely N-dealkylation sites (N-methyl/N-ethyl adjacent to an activating group) is 1. The Labute approximate surface area is 115 Å². The first-order valence-electron chi connectivity index (χ1n) is 6.72. The Morgan fingerprint density at radius 1 is 1.37 bits per heavy atom. The number of amides is 1. The van der Waals surface area contributed by atoms with E-state index in [0.717, 1.165) is 25.0 Å². The Morgan fingerprint density at radius 3 is 2.53 bits per heavy atom. The highest BCUT2D eigenvalue weighted by atomic mass is 16.5. The summed E-state index contributed by atoms with van der Waals surface area (Å²) in [5, 5.41) is 0. The van der Waals surface area contributed by atoms with Crippen molar-refractivity contribution in [1.29, 1.82) is 0 Å². The zero-order chi connectivity index (χ0) is 14.4. The number of allylic oxidation sites excluding steroid dienone is 2. The van der Waals surface area contributed by atoms with Gasteiger partial charge in [-0.2, -0.15) is 0 Å². The van der Waals surface area contributed by atoms with Gasteiger partial charge in [0.15, 0.2) is 0 Å². The van der Waals surface area contributed by atoms with Gasteiger partial charge in [0, 0.05) is 18.8 Å². The monoisotopic (exact) mass is 268 g/mol. The van der Waals surface area contributed by atoms with Crippen LogP contribution < -0.4 is 0 Å². The van der Waals surface area contributed by atoms with E-state index in [-0.39, 0.29) is 31.0 Å². The molecule has 0 N–H and O–H groups in total. The molecule has 1 aliphatic rings. The van der Waals surface area contributed by atoms with E-state index in [1.165, 1.54) is 7.11 Å². The number of ether oxygens (including phenoxy) is 1. The van der Waals surface area contributed by atoms with Crippen LogP contribution in [0.5, 0.6) is 0 Å². The van der Waals surface area contributed by atoms with Gasteiger partial charge < -0.3 is 9.64 Å². The van der Waals surface area contributed by atoms with Crippen molar-refractivity contribution >= 4 is 11.9 Å².